The summed E-state index contributed by atoms with van der Waals surface area (Å²) in [6.45, 7) is 2.40. The van der Waals surface area contributed by atoms with E-state index in [-0.39, 0.29) is 0 Å². The summed E-state index contributed by atoms with van der Waals surface area (Å²) in [5.41, 5.74) is 1.93. The van der Waals surface area contributed by atoms with Gasteiger partial charge in [-0.3, -0.25) is 9.59 Å². The fourth-order valence-corrected chi connectivity index (χ4v) is 2.65. The summed E-state index contributed by atoms with van der Waals surface area (Å²) in [6, 6.07) is 13.5. The molecule has 0 atom stereocenters. The van der Waals surface area contributed by atoms with Crippen LogP contribution in [0.5, 0.6) is 0 Å². The van der Waals surface area contributed by atoms with Crippen LogP contribution in [0.1, 0.15) is 40.5 Å². The zero-order valence-electron chi connectivity index (χ0n) is 15.0. The molecule has 6 nitrogen and oxygen atoms in total. The van der Waals surface area contributed by atoms with Gasteiger partial charge in [0.25, 0.3) is 11.7 Å². The van der Waals surface area contributed by atoms with Gasteiger partial charge in [-0.15, -0.1) is 0 Å². The van der Waals surface area contributed by atoms with Crippen LogP contribution < -0.4 is 5.32 Å². The number of para-hydroxylation sites is 1. The summed E-state index contributed by atoms with van der Waals surface area (Å²) in [7, 11) is 0. The number of hydrogen-bond donors (Lipinski definition) is 2. The molecule has 2 aromatic carbocycles. The fraction of sp³-hybridized carbons (Fsp3) is 0.190. The normalized spacial score (nSPS) is 10.6. The molecule has 27 heavy (non-hydrogen) atoms. The van der Waals surface area contributed by atoms with Crippen molar-refractivity contribution in [2.24, 2.45) is 0 Å². The Hall–Kier alpha value is -3.41. The van der Waals surface area contributed by atoms with Gasteiger partial charge in [0.15, 0.2) is 0 Å². The molecule has 0 radical (unpaired) electrons. The molecule has 6 heteroatoms. The number of rotatable bonds is 7. The van der Waals surface area contributed by atoms with E-state index >= 15 is 0 Å². The number of carbonyl (C=O) groups is 3. The molecule has 1 amide bonds. The average Bonchev–Trinajstić information content (AvgIpc) is 3.12. The summed E-state index contributed by atoms with van der Waals surface area (Å²) in [5.74, 6) is -1.77. The number of H-pyrrole nitrogens is 1. The van der Waals surface area contributed by atoms with Crippen LogP contribution in [0.2, 0.25) is 0 Å². The topological polar surface area (TPSA) is 88.3 Å². The molecule has 138 valence electrons. The fourth-order valence-electron chi connectivity index (χ4n) is 2.65. The number of ether oxygens (including phenoxy) is 1. The second kappa shape index (κ2) is 8.31. The Morgan fingerprint density at radius 1 is 1.04 bits per heavy atom. The molecule has 0 unspecified atom stereocenters. The smallest absolute Gasteiger partial charge is 0.338 e. The minimum absolute atomic E-state index is 0.319. The Balaban J connectivity index is 1.65. The number of aromatic nitrogens is 1. The van der Waals surface area contributed by atoms with Crippen molar-refractivity contribution in [3.05, 3.63) is 65.9 Å². The third-order valence-corrected chi connectivity index (χ3v) is 4.15. The molecule has 0 fully saturated rings. The standard InChI is InChI=1S/C21H20N2O4/c1-2-3-12-27-21(26)14-8-10-15(11-9-14)23-20(25)19(24)17-13-22-18-7-5-4-6-16(17)18/h4-11,13,22H,2-3,12H2,1H3,(H,23,25). The minimum Gasteiger partial charge on any atom is -0.462 e. The van der Waals surface area contributed by atoms with Crippen LogP contribution >= 0.6 is 0 Å². The van der Waals surface area contributed by atoms with E-state index in [0.717, 1.165) is 18.4 Å². The first-order chi connectivity index (χ1) is 13.1. The maximum Gasteiger partial charge on any atom is 0.338 e. The average molecular weight is 364 g/mol. The molecule has 3 aromatic rings. The molecule has 1 heterocycles. The van der Waals surface area contributed by atoms with Crippen LogP contribution in [0, 0.1) is 0 Å². The molecule has 1 aromatic heterocycles. The molecule has 0 spiro atoms. The van der Waals surface area contributed by atoms with E-state index in [2.05, 4.69) is 10.3 Å². The zero-order chi connectivity index (χ0) is 19.2. The van der Waals surface area contributed by atoms with Crippen molar-refractivity contribution in [1.29, 1.82) is 0 Å². The number of hydrogen-bond acceptors (Lipinski definition) is 4. The number of unbranched alkanes of at least 4 members (excludes halogenated alkanes) is 1. The van der Waals surface area contributed by atoms with E-state index in [0.29, 0.717) is 28.8 Å². The van der Waals surface area contributed by atoms with E-state index in [4.69, 9.17) is 4.74 Å². The molecule has 0 aliphatic heterocycles. The monoisotopic (exact) mass is 364 g/mol. The zero-order valence-corrected chi connectivity index (χ0v) is 15.0. The molecule has 0 bridgehead atoms. The van der Waals surface area contributed by atoms with Gasteiger partial charge in [0.05, 0.1) is 17.7 Å². The highest BCUT2D eigenvalue weighted by atomic mass is 16.5. The lowest BCUT2D eigenvalue weighted by atomic mass is 10.1. The second-order valence-electron chi connectivity index (χ2n) is 6.10. The van der Waals surface area contributed by atoms with Gasteiger partial charge in [-0.25, -0.2) is 4.79 Å². The van der Waals surface area contributed by atoms with Gasteiger partial charge < -0.3 is 15.0 Å². The molecule has 0 aliphatic carbocycles. The van der Waals surface area contributed by atoms with Crippen LogP contribution in [0.4, 0.5) is 5.69 Å². The first-order valence-corrected chi connectivity index (χ1v) is 8.79. The highest BCUT2D eigenvalue weighted by molar-refractivity contribution is 6.48. The summed E-state index contributed by atoms with van der Waals surface area (Å²) in [4.78, 5) is 39.6. The Bertz CT molecular complexity index is 973. The van der Waals surface area contributed by atoms with Crippen LogP contribution in [-0.4, -0.2) is 29.3 Å². The maximum atomic E-state index is 12.4. The molecule has 0 saturated heterocycles. The highest BCUT2D eigenvalue weighted by Crippen LogP contribution is 2.19. The first-order valence-electron chi connectivity index (χ1n) is 8.79. The third-order valence-electron chi connectivity index (χ3n) is 4.15. The molecule has 0 aliphatic rings. The van der Waals surface area contributed by atoms with Crippen molar-refractivity contribution in [3.8, 4) is 0 Å². The summed E-state index contributed by atoms with van der Waals surface area (Å²) < 4.78 is 5.13. The van der Waals surface area contributed by atoms with Gasteiger partial charge in [0, 0.05) is 22.8 Å². The van der Waals surface area contributed by atoms with Crippen LogP contribution in [0.3, 0.4) is 0 Å². The minimum atomic E-state index is -0.738. The summed E-state index contributed by atoms with van der Waals surface area (Å²) in [6.07, 6.45) is 3.29. The number of carbonyl (C=O) groups excluding carboxylic acids is 3. The number of fused-ring (bicyclic) bond motifs is 1. The lowest BCUT2D eigenvalue weighted by molar-refractivity contribution is -0.112. The maximum absolute atomic E-state index is 12.4. The van der Waals surface area contributed by atoms with Crippen molar-refractivity contribution < 1.29 is 19.1 Å². The van der Waals surface area contributed by atoms with Crippen molar-refractivity contribution in [1.82, 2.24) is 4.98 Å². The Kier molecular flexibility index (Phi) is 5.66. The second-order valence-corrected chi connectivity index (χ2v) is 6.10. The van der Waals surface area contributed by atoms with Gasteiger partial charge in [-0.2, -0.15) is 0 Å². The van der Waals surface area contributed by atoms with Gasteiger partial charge in [0.2, 0.25) is 0 Å². The molecule has 0 saturated carbocycles. The Morgan fingerprint density at radius 2 is 1.78 bits per heavy atom. The predicted octanol–water partition coefficient (Wildman–Crippen LogP) is 3.95. The van der Waals surface area contributed by atoms with Gasteiger partial charge in [0.1, 0.15) is 0 Å². The summed E-state index contributed by atoms with van der Waals surface area (Å²) >= 11 is 0. The Morgan fingerprint density at radius 3 is 2.52 bits per heavy atom. The lowest BCUT2D eigenvalue weighted by Crippen LogP contribution is -2.22. The first kappa shape index (κ1) is 18.4. The van der Waals surface area contributed by atoms with Crippen LogP contribution in [0.15, 0.2) is 54.7 Å². The number of aromatic amines is 1. The quantitative estimate of drug-likeness (QED) is 0.288. The number of benzene rings is 2. The highest BCUT2D eigenvalue weighted by Gasteiger charge is 2.20. The van der Waals surface area contributed by atoms with Crippen molar-refractivity contribution in [2.75, 3.05) is 11.9 Å². The van der Waals surface area contributed by atoms with Gasteiger partial charge in [-0.05, 0) is 36.8 Å². The number of anilines is 1. The van der Waals surface area contributed by atoms with E-state index in [1.807, 2.05) is 25.1 Å². The number of Topliss-reactive ketones (excluding diaryl/α,β-unsaturated/α-hetero) is 1. The van der Waals surface area contributed by atoms with Crippen molar-refractivity contribution in [3.63, 3.8) is 0 Å². The number of amides is 1. The number of nitrogens with one attached hydrogen (secondary N) is 2. The number of ketones is 1. The van der Waals surface area contributed by atoms with Gasteiger partial charge in [-0.1, -0.05) is 31.5 Å². The third kappa shape index (κ3) is 4.23. The van der Waals surface area contributed by atoms with E-state index in [9.17, 15) is 14.4 Å². The molecule has 3 rings (SSSR count). The molecular weight excluding hydrogens is 344 g/mol. The SMILES string of the molecule is CCCCOC(=O)c1ccc(NC(=O)C(=O)c2c[nH]c3ccccc23)cc1. The number of esters is 1. The lowest BCUT2D eigenvalue weighted by Gasteiger charge is -2.06. The van der Waals surface area contributed by atoms with E-state index < -0.39 is 17.7 Å². The largest absolute Gasteiger partial charge is 0.462 e. The van der Waals surface area contributed by atoms with Crippen molar-refractivity contribution in [2.45, 2.75) is 19.8 Å². The van der Waals surface area contributed by atoms with E-state index in [1.165, 1.54) is 6.20 Å². The summed E-state index contributed by atoms with van der Waals surface area (Å²) in [5, 5.41) is 3.26. The molecule has 2 N–H and O–H groups in total. The van der Waals surface area contributed by atoms with Crippen LogP contribution in [-0.2, 0) is 9.53 Å². The van der Waals surface area contributed by atoms with Gasteiger partial charge >= 0.3 is 5.97 Å². The van der Waals surface area contributed by atoms with E-state index in [1.54, 1.807) is 30.3 Å². The Labute approximate surface area is 156 Å². The van der Waals surface area contributed by atoms with Crippen molar-refractivity contribution >= 4 is 34.3 Å². The predicted molar refractivity (Wildman–Crippen MR) is 103 cm³/mol. The van der Waals surface area contributed by atoms with Crippen LogP contribution in [0.25, 0.3) is 10.9 Å². The molecular formula is C21H20N2O4.